The molecule has 1 fully saturated rings. The number of benzene rings is 1. The highest BCUT2D eigenvalue weighted by Crippen LogP contribution is 2.35. The minimum Gasteiger partial charge on any atom is -0.409 e. The van der Waals surface area contributed by atoms with E-state index >= 15 is 0 Å². The molecule has 1 aliphatic heterocycles. The van der Waals surface area contributed by atoms with Crippen LogP contribution in [-0.4, -0.2) is 40.0 Å². The van der Waals surface area contributed by atoms with Gasteiger partial charge in [0.25, 0.3) is 0 Å². The predicted octanol–water partition coefficient (Wildman–Crippen LogP) is 2.41. The molecule has 0 unspecified atom stereocenters. The minimum absolute atomic E-state index is 0.239. The average molecular weight is 315 g/mol. The van der Waals surface area contributed by atoms with E-state index in [1.807, 2.05) is 6.26 Å². The van der Waals surface area contributed by atoms with E-state index < -0.39 is 11.6 Å². The maximum atomic E-state index is 13.7. The number of piperidine rings is 1. The van der Waals surface area contributed by atoms with E-state index in [4.69, 9.17) is 10.9 Å². The van der Waals surface area contributed by atoms with Gasteiger partial charge >= 0.3 is 0 Å². The van der Waals surface area contributed by atoms with E-state index in [-0.39, 0.29) is 10.6 Å². The Morgan fingerprint density at radius 2 is 2.10 bits per heavy atom. The highest BCUT2D eigenvalue weighted by molar-refractivity contribution is 8.00. The number of nitrogens with zero attached hydrogens (tertiary/aromatic N) is 2. The number of likely N-dealkylation sites (tertiary alicyclic amines) is 1. The Labute approximate surface area is 127 Å². The molecular formula is C14H19F2N3OS. The van der Waals surface area contributed by atoms with Crippen LogP contribution < -0.4 is 5.73 Å². The summed E-state index contributed by atoms with van der Waals surface area (Å²) in [6.45, 7) is 1.87. The van der Waals surface area contributed by atoms with Crippen molar-refractivity contribution in [2.75, 3.05) is 19.3 Å². The number of hydrogen-bond donors (Lipinski definition) is 2. The number of halogens is 2. The third kappa shape index (κ3) is 3.47. The monoisotopic (exact) mass is 315 g/mol. The summed E-state index contributed by atoms with van der Waals surface area (Å²) < 4.78 is 26.2. The lowest BCUT2D eigenvalue weighted by Gasteiger charge is -2.39. The first-order chi connectivity index (χ1) is 10.0. The van der Waals surface area contributed by atoms with Gasteiger partial charge in [-0.3, -0.25) is 4.90 Å². The van der Waals surface area contributed by atoms with Crippen LogP contribution in [0.2, 0.25) is 0 Å². The average Bonchev–Trinajstić information content (AvgIpc) is 2.50. The molecule has 2 rings (SSSR count). The molecule has 0 bridgehead atoms. The lowest BCUT2D eigenvalue weighted by Crippen LogP contribution is -2.49. The van der Waals surface area contributed by atoms with E-state index in [2.05, 4.69) is 10.1 Å². The molecule has 0 aromatic heterocycles. The first-order valence-corrected chi connectivity index (χ1v) is 7.92. The Kier molecular flexibility index (Phi) is 5.05. The number of nitrogens with two attached hydrogens (primary N) is 1. The number of hydrogen-bond acceptors (Lipinski definition) is 4. The van der Waals surface area contributed by atoms with Gasteiger partial charge in [0.05, 0.1) is 4.75 Å². The zero-order valence-corrected chi connectivity index (χ0v) is 12.7. The zero-order valence-electron chi connectivity index (χ0n) is 11.9. The number of oxime groups is 1. The fraction of sp³-hybridized carbons (Fsp3) is 0.500. The summed E-state index contributed by atoms with van der Waals surface area (Å²) in [5, 5.41) is 12.0. The van der Waals surface area contributed by atoms with Crippen LogP contribution >= 0.6 is 11.8 Å². The molecular weight excluding hydrogens is 296 g/mol. The predicted molar refractivity (Wildman–Crippen MR) is 80.5 cm³/mol. The SMILES string of the molecule is CSC1(C(N)=NO)CCN(Cc2ccc(F)cc2F)CC1. The van der Waals surface area contributed by atoms with Gasteiger partial charge in [-0.1, -0.05) is 11.2 Å². The highest BCUT2D eigenvalue weighted by Gasteiger charge is 2.38. The maximum absolute atomic E-state index is 13.7. The first kappa shape index (κ1) is 16.0. The van der Waals surface area contributed by atoms with Crippen LogP contribution in [0.15, 0.2) is 23.4 Å². The molecule has 3 N–H and O–H groups in total. The standard InChI is InChI=1S/C14H19F2N3OS/c1-21-14(13(17)18-20)4-6-19(7-5-14)9-10-2-3-11(15)8-12(10)16/h2-3,8,20H,4-7,9H2,1H3,(H2,17,18). The molecule has 0 spiro atoms. The quantitative estimate of drug-likeness (QED) is 0.388. The van der Waals surface area contributed by atoms with Gasteiger partial charge in [-0.05, 0) is 25.2 Å². The fourth-order valence-electron chi connectivity index (χ4n) is 2.62. The third-order valence-electron chi connectivity index (χ3n) is 4.04. The molecule has 0 radical (unpaired) electrons. The number of amidine groups is 1. The van der Waals surface area contributed by atoms with Gasteiger partial charge < -0.3 is 10.9 Å². The molecule has 0 atom stereocenters. The van der Waals surface area contributed by atoms with Crippen LogP contribution in [0.4, 0.5) is 8.78 Å². The second-order valence-electron chi connectivity index (χ2n) is 5.20. The van der Waals surface area contributed by atoms with E-state index in [1.165, 1.54) is 12.1 Å². The molecule has 1 heterocycles. The van der Waals surface area contributed by atoms with Crippen LogP contribution in [0.1, 0.15) is 18.4 Å². The topological polar surface area (TPSA) is 61.9 Å². The number of rotatable bonds is 4. The Morgan fingerprint density at radius 3 is 2.62 bits per heavy atom. The van der Waals surface area contributed by atoms with E-state index in [0.29, 0.717) is 25.2 Å². The molecule has 0 aliphatic carbocycles. The molecule has 0 amide bonds. The molecule has 7 heteroatoms. The van der Waals surface area contributed by atoms with Gasteiger partial charge in [-0.2, -0.15) is 11.8 Å². The fourth-order valence-corrected chi connectivity index (χ4v) is 3.46. The summed E-state index contributed by atoms with van der Waals surface area (Å²) in [5.41, 5.74) is 6.27. The lowest BCUT2D eigenvalue weighted by molar-refractivity contribution is 0.207. The second kappa shape index (κ2) is 6.62. The van der Waals surface area contributed by atoms with Crippen LogP contribution in [-0.2, 0) is 6.54 Å². The summed E-state index contributed by atoms with van der Waals surface area (Å²) in [6, 6.07) is 3.65. The van der Waals surface area contributed by atoms with Crippen molar-refractivity contribution in [3.05, 3.63) is 35.4 Å². The van der Waals surface area contributed by atoms with Gasteiger partial charge in [0, 0.05) is 31.3 Å². The maximum Gasteiger partial charge on any atom is 0.155 e. The number of thioether (sulfide) groups is 1. The van der Waals surface area contributed by atoms with Gasteiger partial charge in [-0.25, -0.2) is 8.78 Å². The van der Waals surface area contributed by atoms with Crippen LogP contribution in [0.3, 0.4) is 0 Å². The van der Waals surface area contributed by atoms with Crippen molar-refractivity contribution in [2.24, 2.45) is 10.9 Å². The van der Waals surface area contributed by atoms with Crippen LogP contribution in [0.5, 0.6) is 0 Å². The zero-order chi connectivity index (χ0) is 15.5. The molecule has 116 valence electrons. The summed E-state index contributed by atoms with van der Waals surface area (Å²) in [5.74, 6) is -0.848. The van der Waals surface area contributed by atoms with E-state index in [9.17, 15) is 8.78 Å². The molecule has 4 nitrogen and oxygen atoms in total. The van der Waals surface area contributed by atoms with Crippen molar-refractivity contribution in [1.29, 1.82) is 0 Å². The molecule has 0 saturated carbocycles. The second-order valence-corrected chi connectivity index (χ2v) is 6.39. The van der Waals surface area contributed by atoms with E-state index in [0.717, 1.165) is 18.9 Å². The first-order valence-electron chi connectivity index (χ1n) is 6.70. The summed E-state index contributed by atoms with van der Waals surface area (Å²) in [4.78, 5) is 2.09. The Morgan fingerprint density at radius 1 is 1.43 bits per heavy atom. The smallest absolute Gasteiger partial charge is 0.155 e. The van der Waals surface area contributed by atoms with Gasteiger partial charge in [0.15, 0.2) is 5.84 Å². The van der Waals surface area contributed by atoms with Crippen molar-refractivity contribution in [3.63, 3.8) is 0 Å². The molecule has 1 aliphatic rings. The lowest BCUT2D eigenvalue weighted by atomic mass is 9.94. The van der Waals surface area contributed by atoms with Crippen LogP contribution in [0.25, 0.3) is 0 Å². The minimum atomic E-state index is -0.566. The highest BCUT2D eigenvalue weighted by atomic mass is 32.2. The van der Waals surface area contributed by atoms with Gasteiger partial charge in [-0.15, -0.1) is 0 Å². The normalized spacial score (nSPS) is 19.7. The Bertz CT molecular complexity index is 531. The largest absolute Gasteiger partial charge is 0.409 e. The summed E-state index contributed by atoms with van der Waals surface area (Å²) in [7, 11) is 0. The summed E-state index contributed by atoms with van der Waals surface area (Å²) in [6.07, 6.45) is 3.40. The van der Waals surface area contributed by atoms with Crippen LogP contribution in [0, 0.1) is 11.6 Å². The van der Waals surface area contributed by atoms with Crippen molar-refractivity contribution in [1.82, 2.24) is 4.90 Å². The summed E-state index contributed by atoms with van der Waals surface area (Å²) >= 11 is 1.57. The third-order valence-corrected chi connectivity index (χ3v) is 5.44. The molecule has 1 saturated heterocycles. The van der Waals surface area contributed by atoms with Crippen molar-refractivity contribution in [2.45, 2.75) is 24.1 Å². The molecule has 1 aromatic carbocycles. The van der Waals surface area contributed by atoms with Gasteiger partial charge in [0.1, 0.15) is 11.6 Å². The Hall–Kier alpha value is -1.34. The van der Waals surface area contributed by atoms with Gasteiger partial charge in [0.2, 0.25) is 0 Å². The van der Waals surface area contributed by atoms with Crippen molar-refractivity contribution < 1.29 is 14.0 Å². The van der Waals surface area contributed by atoms with Crippen molar-refractivity contribution in [3.8, 4) is 0 Å². The molecule has 21 heavy (non-hydrogen) atoms. The van der Waals surface area contributed by atoms with E-state index in [1.54, 1.807) is 11.8 Å². The Balaban J connectivity index is 2.01. The molecule has 1 aromatic rings. The van der Waals surface area contributed by atoms with Crippen molar-refractivity contribution >= 4 is 17.6 Å².